The molecule has 7 heteroatoms. The second-order valence-electron chi connectivity index (χ2n) is 6.61. The van der Waals surface area contributed by atoms with Crippen LogP contribution in [0.5, 0.6) is 11.5 Å². The van der Waals surface area contributed by atoms with E-state index in [0.29, 0.717) is 29.5 Å². The summed E-state index contributed by atoms with van der Waals surface area (Å²) in [5.74, 6) is 1.13. The SMILES string of the molecule is COc1cc(CNC(=O)CCC(=O)c2cccs2)ccc1OC[C@@H]1CCCO1. The van der Waals surface area contributed by atoms with Crippen molar-refractivity contribution in [1.82, 2.24) is 5.32 Å². The van der Waals surface area contributed by atoms with Crippen molar-refractivity contribution in [1.29, 1.82) is 0 Å². The summed E-state index contributed by atoms with van der Waals surface area (Å²) in [6.45, 7) is 1.67. The first kappa shape index (κ1) is 20.4. The highest BCUT2D eigenvalue weighted by molar-refractivity contribution is 7.12. The summed E-state index contributed by atoms with van der Waals surface area (Å²) in [5.41, 5.74) is 0.902. The van der Waals surface area contributed by atoms with Crippen LogP contribution in [0.25, 0.3) is 0 Å². The van der Waals surface area contributed by atoms with Crippen molar-refractivity contribution >= 4 is 23.0 Å². The Morgan fingerprint density at radius 3 is 2.86 bits per heavy atom. The van der Waals surface area contributed by atoms with Crippen molar-refractivity contribution in [2.24, 2.45) is 0 Å². The maximum atomic E-state index is 12.0. The zero-order chi connectivity index (χ0) is 19.8. The van der Waals surface area contributed by atoms with E-state index in [1.165, 1.54) is 11.3 Å². The quantitative estimate of drug-likeness (QED) is 0.614. The van der Waals surface area contributed by atoms with Gasteiger partial charge in [0.15, 0.2) is 17.3 Å². The molecule has 2 heterocycles. The first-order chi connectivity index (χ1) is 13.7. The van der Waals surface area contributed by atoms with Crippen molar-refractivity contribution in [3.05, 3.63) is 46.2 Å². The molecule has 0 unspecified atom stereocenters. The minimum Gasteiger partial charge on any atom is -0.493 e. The standard InChI is InChI=1S/C21H25NO5S/c1-25-19-12-15(6-8-18(19)27-14-16-4-2-10-26-16)13-22-21(24)9-7-17(23)20-5-3-11-28-20/h3,5-6,8,11-12,16H,2,4,7,9-10,13-14H2,1H3,(H,22,24)/t16-/m0/s1. The third kappa shape index (κ3) is 5.81. The van der Waals surface area contributed by atoms with Gasteiger partial charge < -0.3 is 19.5 Å². The minimum absolute atomic E-state index is 0.000404. The third-order valence-corrected chi connectivity index (χ3v) is 5.45. The maximum absolute atomic E-state index is 12.0. The molecule has 0 radical (unpaired) electrons. The van der Waals surface area contributed by atoms with Gasteiger partial charge in [-0.15, -0.1) is 11.3 Å². The summed E-state index contributed by atoms with van der Waals surface area (Å²) >= 11 is 1.40. The molecule has 6 nitrogen and oxygen atoms in total. The van der Waals surface area contributed by atoms with E-state index in [1.807, 2.05) is 29.6 Å². The summed E-state index contributed by atoms with van der Waals surface area (Å²) in [7, 11) is 1.59. The molecule has 1 aromatic heterocycles. The molecule has 1 amide bonds. The van der Waals surface area contributed by atoms with Gasteiger partial charge >= 0.3 is 0 Å². The van der Waals surface area contributed by atoms with Crippen LogP contribution in [0.15, 0.2) is 35.7 Å². The van der Waals surface area contributed by atoms with Gasteiger partial charge in [0.05, 0.1) is 18.1 Å². The molecule has 1 aliphatic rings. The number of methoxy groups -OCH3 is 1. The Balaban J connectivity index is 1.45. The van der Waals surface area contributed by atoms with Gasteiger partial charge in [-0.25, -0.2) is 0 Å². The molecular weight excluding hydrogens is 378 g/mol. The van der Waals surface area contributed by atoms with E-state index < -0.39 is 0 Å². The molecule has 150 valence electrons. The van der Waals surface area contributed by atoms with E-state index in [1.54, 1.807) is 13.2 Å². The topological polar surface area (TPSA) is 73.9 Å². The van der Waals surface area contributed by atoms with Crippen LogP contribution >= 0.6 is 11.3 Å². The van der Waals surface area contributed by atoms with Crippen molar-refractivity contribution in [2.45, 2.75) is 38.3 Å². The first-order valence-corrected chi connectivity index (χ1v) is 10.3. The van der Waals surface area contributed by atoms with Gasteiger partial charge in [-0.2, -0.15) is 0 Å². The lowest BCUT2D eigenvalue weighted by Crippen LogP contribution is -2.23. The van der Waals surface area contributed by atoms with Crippen LogP contribution in [-0.2, 0) is 16.1 Å². The van der Waals surface area contributed by atoms with Gasteiger partial charge in [-0.3, -0.25) is 9.59 Å². The Morgan fingerprint density at radius 1 is 1.25 bits per heavy atom. The molecule has 1 saturated heterocycles. The smallest absolute Gasteiger partial charge is 0.220 e. The lowest BCUT2D eigenvalue weighted by atomic mass is 10.1. The predicted octanol–water partition coefficient (Wildman–Crippen LogP) is 3.59. The zero-order valence-electron chi connectivity index (χ0n) is 15.9. The number of hydrogen-bond acceptors (Lipinski definition) is 6. The number of amides is 1. The van der Waals surface area contributed by atoms with Crippen LogP contribution in [0.3, 0.4) is 0 Å². The van der Waals surface area contributed by atoms with Crippen molar-refractivity contribution < 1.29 is 23.8 Å². The van der Waals surface area contributed by atoms with Crippen LogP contribution < -0.4 is 14.8 Å². The molecule has 1 atom stereocenters. The number of ether oxygens (including phenoxy) is 3. The molecule has 0 saturated carbocycles. The van der Waals surface area contributed by atoms with Gasteiger partial charge in [-0.1, -0.05) is 12.1 Å². The van der Waals surface area contributed by atoms with E-state index in [2.05, 4.69) is 5.32 Å². The van der Waals surface area contributed by atoms with Gasteiger partial charge in [0, 0.05) is 26.0 Å². The van der Waals surface area contributed by atoms with E-state index in [9.17, 15) is 9.59 Å². The van der Waals surface area contributed by atoms with Gasteiger partial charge in [0.2, 0.25) is 5.91 Å². The number of carbonyl (C=O) groups excluding carboxylic acids is 2. The molecule has 0 aliphatic carbocycles. The predicted molar refractivity (Wildman–Crippen MR) is 107 cm³/mol. The average Bonchev–Trinajstić information content (AvgIpc) is 3.43. The molecule has 2 aromatic rings. The Bertz CT molecular complexity index is 784. The molecule has 1 aliphatic heterocycles. The molecule has 1 aromatic carbocycles. The summed E-state index contributed by atoms with van der Waals surface area (Å²) in [6, 6.07) is 9.20. The fraction of sp³-hybridized carbons (Fsp3) is 0.429. The van der Waals surface area contributed by atoms with Gasteiger partial charge in [0.25, 0.3) is 0 Å². The van der Waals surface area contributed by atoms with Gasteiger partial charge in [-0.05, 0) is 42.0 Å². The summed E-state index contributed by atoms with van der Waals surface area (Å²) in [5, 5.41) is 4.70. The van der Waals surface area contributed by atoms with Crippen LogP contribution in [-0.4, -0.2) is 38.1 Å². The lowest BCUT2D eigenvalue weighted by Gasteiger charge is -2.15. The van der Waals surface area contributed by atoms with E-state index in [-0.39, 0.29) is 30.6 Å². The number of ketones is 1. The molecule has 1 fully saturated rings. The zero-order valence-corrected chi connectivity index (χ0v) is 16.8. The number of rotatable bonds is 10. The fourth-order valence-corrected chi connectivity index (χ4v) is 3.67. The van der Waals surface area contributed by atoms with Crippen LogP contribution in [0.4, 0.5) is 0 Å². The molecular formula is C21H25NO5S. The highest BCUT2D eigenvalue weighted by Crippen LogP contribution is 2.29. The van der Waals surface area contributed by atoms with Crippen molar-refractivity contribution in [3.63, 3.8) is 0 Å². The normalized spacial score (nSPS) is 16.0. The number of hydrogen-bond donors (Lipinski definition) is 1. The second-order valence-corrected chi connectivity index (χ2v) is 7.56. The highest BCUT2D eigenvalue weighted by atomic mass is 32.1. The number of benzene rings is 1. The second kappa shape index (κ2) is 10.2. The fourth-order valence-electron chi connectivity index (χ4n) is 2.98. The highest BCUT2D eigenvalue weighted by Gasteiger charge is 2.17. The first-order valence-electron chi connectivity index (χ1n) is 9.40. The number of nitrogens with one attached hydrogen (secondary N) is 1. The van der Waals surface area contributed by atoms with Crippen LogP contribution in [0, 0.1) is 0 Å². The van der Waals surface area contributed by atoms with Crippen molar-refractivity contribution in [2.75, 3.05) is 20.3 Å². The Hall–Kier alpha value is -2.38. The Morgan fingerprint density at radius 2 is 2.14 bits per heavy atom. The summed E-state index contributed by atoms with van der Waals surface area (Å²) in [4.78, 5) is 24.7. The molecule has 3 rings (SSSR count). The monoisotopic (exact) mass is 403 g/mol. The molecule has 1 N–H and O–H groups in total. The average molecular weight is 404 g/mol. The van der Waals surface area contributed by atoms with E-state index in [0.717, 1.165) is 25.0 Å². The number of Topliss-reactive ketones (excluding diaryl/α,β-unsaturated/α-hetero) is 1. The lowest BCUT2D eigenvalue weighted by molar-refractivity contribution is -0.121. The number of thiophene rings is 1. The minimum atomic E-state index is -0.150. The van der Waals surface area contributed by atoms with E-state index in [4.69, 9.17) is 14.2 Å². The third-order valence-electron chi connectivity index (χ3n) is 4.54. The summed E-state index contributed by atoms with van der Waals surface area (Å²) < 4.78 is 16.8. The van der Waals surface area contributed by atoms with E-state index >= 15 is 0 Å². The molecule has 0 spiro atoms. The van der Waals surface area contributed by atoms with Crippen molar-refractivity contribution in [3.8, 4) is 11.5 Å². The number of carbonyl (C=O) groups is 2. The van der Waals surface area contributed by atoms with Gasteiger partial charge in [0.1, 0.15) is 6.61 Å². The molecule has 28 heavy (non-hydrogen) atoms. The van der Waals surface area contributed by atoms with Crippen LogP contribution in [0.1, 0.15) is 40.9 Å². The molecule has 0 bridgehead atoms. The summed E-state index contributed by atoms with van der Waals surface area (Å²) in [6.07, 6.45) is 2.62. The maximum Gasteiger partial charge on any atom is 0.220 e. The Labute approximate surface area is 168 Å². The van der Waals surface area contributed by atoms with Crippen LogP contribution in [0.2, 0.25) is 0 Å². The Kier molecular flexibility index (Phi) is 7.45. The largest absolute Gasteiger partial charge is 0.493 e.